The lowest BCUT2D eigenvalue weighted by atomic mass is 10.1. The SMILES string of the molecule is CN(C)CCCN(CC(=O)NCCc1ccccc1F)S(C)(=O)=O. The zero-order valence-corrected chi connectivity index (χ0v) is 15.3. The predicted molar refractivity (Wildman–Crippen MR) is 92.7 cm³/mol. The number of hydrogen-bond acceptors (Lipinski definition) is 4. The van der Waals surface area contributed by atoms with Crippen LogP contribution in [0.15, 0.2) is 24.3 Å². The smallest absolute Gasteiger partial charge is 0.235 e. The van der Waals surface area contributed by atoms with Crippen molar-refractivity contribution in [2.75, 3.05) is 46.5 Å². The maximum absolute atomic E-state index is 13.5. The van der Waals surface area contributed by atoms with Crippen LogP contribution in [0.3, 0.4) is 0 Å². The van der Waals surface area contributed by atoms with Gasteiger partial charge >= 0.3 is 0 Å². The average molecular weight is 359 g/mol. The van der Waals surface area contributed by atoms with Gasteiger partial charge in [-0.25, -0.2) is 12.8 Å². The summed E-state index contributed by atoms with van der Waals surface area (Å²) in [5.74, 6) is -0.699. The molecule has 0 unspecified atom stereocenters. The average Bonchev–Trinajstić information content (AvgIpc) is 2.47. The van der Waals surface area contributed by atoms with Crippen LogP contribution in [0.4, 0.5) is 4.39 Å². The number of nitrogens with one attached hydrogen (secondary N) is 1. The Morgan fingerprint density at radius 2 is 1.88 bits per heavy atom. The third-order valence-corrected chi connectivity index (χ3v) is 4.73. The number of halogens is 1. The first-order valence-electron chi connectivity index (χ1n) is 7.80. The third-order valence-electron chi connectivity index (χ3n) is 3.48. The van der Waals surface area contributed by atoms with E-state index in [-0.39, 0.29) is 31.4 Å². The minimum Gasteiger partial charge on any atom is -0.355 e. The van der Waals surface area contributed by atoms with Crippen molar-refractivity contribution >= 4 is 15.9 Å². The molecule has 1 aromatic carbocycles. The predicted octanol–water partition coefficient (Wildman–Crippen LogP) is 0.698. The molecule has 24 heavy (non-hydrogen) atoms. The minimum absolute atomic E-state index is 0.219. The molecule has 0 bridgehead atoms. The van der Waals surface area contributed by atoms with Gasteiger partial charge in [0.05, 0.1) is 12.8 Å². The van der Waals surface area contributed by atoms with Gasteiger partial charge < -0.3 is 10.2 Å². The normalized spacial score (nSPS) is 11.9. The molecule has 0 aliphatic carbocycles. The molecule has 0 heterocycles. The van der Waals surface area contributed by atoms with Crippen LogP contribution in [0.2, 0.25) is 0 Å². The zero-order valence-electron chi connectivity index (χ0n) is 14.5. The lowest BCUT2D eigenvalue weighted by Crippen LogP contribution is -2.41. The summed E-state index contributed by atoms with van der Waals surface area (Å²) in [4.78, 5) is 13.9. The van der Waals surface area contributed by atoms with E-state index in [1.54, 1.807) is 18.2 Å². The first-order valence-corrected chi connectivity index (χ1v) is 9.65. The van der Waals surface area contributed by atoms with Gasteiger partial charge in [-0.1, -0.05) is 18.2 Å². The molecule has 0 aliphatic heterocycles. The molecule has 0 fully saturated rings. The quantitative estimate of drug-likeness (QED) is 0.668. The van der Waals surface area contributed by atoms with Crippen molar-refractivity contribution in [3.05, 3.63) is 35.6 Å². The zero-order chi connectivity index (χ0) is 18.2. The van der Waals surface area contributed by atoms with E-state index in [1.807, 2.05) is 19.0 Å². The van der Waals surface area contributed by atoms with E-state index in [0.717, 1.165) is 17.1 Å². The molecule has 1 N–H and O–H groups in total. The van der Waals surface area contributed by atoms with E-state index in [1.165, 1.54) is 6.07 Å². The standard InChI is InChI=1S/C16H26FN3O3S/c1-19(2)11-6-12-20(24(3,22)23)13-16(21)18-10-9-14-7-4-5-8-15(14)17/h4-5,7-8H,6,9-13H2,1-3H3,(H,18,21). The van der Waals surface area contributed by atoms with Crippen molar-refractivity contribution in [1.82, 2.24) is 14.5 Å². The molecule has 1 amide bonds. The monoisotopic (exact) mass is 359 g/mol. The maximum Gasteiger partial charge on any atom is 0.235 e. The summed E-state index contributed by atoms with van der Waals surface area (Å²) >= 11 is 0. The number of hydrogen-bond donors (Lipinski definition) is 1. The lowest BCUT2D eigenvalue weighted by molar-refractivity contribution is -0.121. The summed E-state index contributed by atoms with van der Waals surface area (Å²) in [5, 5.41) is 2.64. The highest BCUT2D eigenvalue weighted by molar-refractivity contribution is 7.88. The highest BCUT2D eigenvalue weighted by Gasteiger charge is 2.19. The number of nitrogens with zero attached hydrogens (tertiary/aromatic N) is 2. The van der Waals surface area contributed by atoms with Gasteiger partial charge in [-0.05, 0) is 45.1 Å². The van der Waals surface area contributed by atoms with Gasteiger partial charge in [-0.2, -0.15) is 4.31 Å². The summed E-state index contributed by atoms with van der Waals surface area (Å²) in [6.07, 6.45) is 2.09. The fraction of sp³-hybridized carbons (Fsp3) is 0.562. The van der Waals surface area contributed by atoms with E-state index < -0.39 is 10.0 Å². The Kier molecular flexibility index (Phi) is 8.30. The molecule has 0 atom stereocenters. The maximum atomic E-state index is 13.5. The highest BCUT2D eigenvalue weighted by atomic mass is 32.2. The van der Waals surface area contributed by atoms with E-state index in [0.29, 0.717) is 18.4 Å². The topological polar surface area (TPSA) is 69.7 Å². The molecule has 0 aliphatic rings. The third kappa shape index (κ3) is 7.85. The van der Waals surface area contributed by atoms with Crippen molar-refractivity contribution in [2.24, 2.45) is 0 Å². The van der Waals surface area contributed by atoms with Crippen LogP contribution in [-0.4, -0.2) is 70.1 Å². The van der Waals surface area contributed by atoms with Crippen molar-refractivity contribution in [3.8, 4) is 0 Å². The molecule has 1 rings (SSSR count). The van der Waals surface area contributed by atoms with Crippen LogP contribution in [0, 0.1) is 5.82 Å². The first-order chi connectivity index (χ1) is 11.2. The van der Waals surface area contributed by atoms with E-state index in [4.69, 9.17) is 0 Å². The van der Waals surface area contributed by atoms with Crippen LogP contribution in [-0.2, 0) is 21.2 Å². The summed E-state index contributed by atoms with van der Waals surface area (Å²) in [6.45, 7) is 1.07. The molecular weight excluding hydrogens is 333 g/mol. The summed E-state index contributed by atoms with van der Waals surface area (Å²) < 4.78 is 38.2. The van der Waals surface area contributed by atoms with Crippen LogP contribution >= 0.6 is 0 Å². The summed E-state index contributed by atoms with van der Waals surface area (Å²) in [7, 11) is 0.358. The fourth-order valence-corrected chi connectivity index (χ4v) is 2.99. The van der Waals surface area contributed by atoms with Gasteiger partial charge in [0, 0.05) is 13.1 Å². The van der Waals surface area contributed by atoms with Crippen LogP contribution < -0.4 is 5.32 Å². The number of sulfonamides is 1. The van der Waals surface area contributed by atoms with E-state index in [2.05, 4.69) is 5.32 Å². The fourth-order valence-electron chi connectivity index (χ4n) is 2.18. The van der Waals surface area contributed by atoms with Gasteiger partial charge in [-0.15, -0.1) is 0 Å². The number of carbonyl (C=O) groups is 1. The molecule has 136 valence electrons. The Morgan fingerprint density at radius 1 is 1.21 bits per heavy atom. The lowest BCUT2D eigenvalue weighted by Gasteiger charge is -2.20. The number of benzene rings is 1. The molecule has 0 spiro atoms. The molecule has 0 saturated heterocycles. The second kappa shape index (κ2) is 9.71. The summed E-state index contributed by atoms with van der Waals surface area (Å²) in [6, 6.07) is 6.37. The first kappa shape index (κ1) is 20.5. The van der Waals surface area contributed by atoms with Gasteiger partial charge in [0.1, 0.15) is 5.82 Å². The Bertz CT molecular complexity index is 635. The van der Waals surface area contributed by atoms with E-state index in [9.17, 15) is 17.6 Å². The Balaban J connectivity index is 2.45. The molecule has 6 nitrogen and oxygen atoms in total. The van der Waals surface area contributed by atoms with Crippen LogP contribution in [0.1, 0.15) is 12.0 Å². The molecule has 0 aromatic heterocycles. The molecular formula is C16H26FN3O3S. The largest absolute Gasteiger partial charge is 0.355 e. The van der Waals surface area contributed by atoms with E-state index >= 15 is 0 Å². The van der Waals surface area contributed by atoms with Crippen molar-refractivity contribution in [3.63, 3.8) is 0 Å². The van der Waals surface area contributed by atoms with Crippen molar-refractivity contribution in [2.45, 2.75) is 12.8 Å². The number of carbonyl (C=O) groups excluding carboxylic acids is 1. The Morgan fingerprint density at radius 3 is 2.46 bits per heavy atom. The van der Waals surface area contributed by atoms with Crippen molar-refractivity contribution in [1.29, 1.82) is 0 Å². The Hall–Kier alpha value is -1.51. The highest BCUT2D eigenvalue weighted by Crippen LogP contribution is 2.06. The van der Waals surface area contributed by atoms with Crippen LogP contribution in [0.25, 0.3) is 0 Å². The minimum atomic E-state index is -3.45. The van der Waals surface area contributed by atoms with Crippen molar-refractivity contribution < 1.29 is 17.6 Å². The number of rotatable bonds is 10. The van der Waals surface area contributed by atoms with Crippen LogP contribution in [0.5, 0.6) is 0 Å². The van der Waals surface area contributed by atoms with Gasteiger partial charge in [0.25, 0.3) is 0 Å². The van der Waals surface area contributed by atoms with Gasteiger partial charge in [0.2, 0.25) is 15.9 Å². The molecule has 0 radical (unpaired) electrons. The number of amides is 1. The molecule has 1 aromatic rings. The molecule has 0 saturated carbocycles. The second-order valence-corrected chi connectivity index (χ2v) is 7.93. The summed E-state index contributed by atoms with van der Waals surface area (Å²) in [5.41, 5.74) is 0.517. The molecule has 8 heteroatoms. The Labute approximate surface area is 143 Å². The van der Waals surface area contributed by atoms with Gasteiger partial charge in [0.15, 0.2) is 0 Å². The van der Waals surface area contributed by atoms with Gasteiger partial charge in [-0.3, -0.25) is 4.79 Å². The second-order valence-electron chi connectivity index (χ2n) is 5.94.